The van der Waals surface area contributed by atoms with Gasteiger partial charge in [0.1, 0.15) is 6.61 Å². The van der Waals surface area contributed by atoms with E-state index in [4.69, 9.17) is 15.2 Å². The molecule has 4 heteroatoms. The Balaban J connectivity index is 2.37. The van der Waals surface area contributed by atoms with E-state index in [9.17, 15) is 4.79 Å². The van der Waals surface area contributed by atoms with E-state index in [1.54, 1.807) is 12.1 Å². The Morgan fingerprint density at radius 3 is 2.78 bits per heavy atom. The van der Waals surface area contributed by atoms with Gasteiger partial charge in [0, 0.05) is 12.3 Å². The van der Waals surface area contributed by atoms with Crippen LogP contribution in [0.5, 0.6) is 0 Å². The molecule has 18 heavy (non-hydrogen) atoms. The zero-order valence-electron chi connectivity index (χ0n) is 11.0. The first-order valence-corrected chi connectivity index (χ1v) is 6.25. The highest BCUT2D eigenvalue weighted by Gasteiger charge is 2.16. The molecule has 0 amide bonds. The van der Waals surface area contributed by atoms with Crippen molar-refractivity contribution in [2.75, 3.05) is 25.6 Å². The van der Waals surface area contributed by atoms with Crippen LogP contribution >= 0.6 is 0 Å². The molecule has 0 radical (unpaired) electrons. The monoisotopic (exact) mass is 251 g/mol. The average Bonchev–Trinajstić information content (AvgIpc) is 2.37. The van der Waals surface area contributed by atoms with E-state index in [2.05, 4.69) is 0 Å². The standard InChI is InChI=1S/C14H21NO3/c1-3-7-17-8-9-18-14(16)11(2)12-5-4-6-13(15)10-12/h4-6,10-11H,3,7-9,15H2,1-2H3. The topological polar surface area (TPSA) is 61.5 Å². The van der Waals surface area contributed by atoms with Crippen LogP contribution in [0.1, 0.15) is 31.7 Å². The normalized spacial score (nSPS) is 12.1. The van der Waals surface area contributed by atoms with Gasteiger partial charge in [0.15, 0.2) is 0 Å². The van der Waals surface area contributed by atoms with Gasteiger partial charge < -0.3 is 15.2 Å². The third-order valence-corrected chi connectivity index (χ3v) is 2.58. The van der Waals surface area contributed by atoms with Crippen molar-refractivity contribution >= 4 is 11.7 Å². The lowest BCUT2D eigenvalue weighted by atomic mass is 10.0. The minimum Gasteiger partial charge on any atom is -0.463 e. The van der Waals surface area contributed by atoms with Crippen molar-refractivity contribution in [3.8, 4) is 0 Å². The van der Waals surface area contributed by atoms with Gasteiger partial charge in [0.05, 0.1) is 12.5 Å². The van der Waals surface area contributed by atoms with Crippen molar-refractivity contribution in [3.63, 3.8) is 0 Å². The molecular weight excluding hydrogens is 230 g/mol. The Bertz CT molecular complexity index is 379. The number of hydrogen-bond donors (Lipinski definition) is 1. The molecule has 4 nitrogen and oxygen atoms in total. The highest BCUT2D eigenvalue weighted by atomic mass is 16.6. The maximum atomic E-state index is 11.8. The Hall–Kier alpha value is -1.55. The quantitative estimate of drug-likeness (QED) is 0.459. The van der Waals surface area contributed by atoms with Crippen molar-refractivity contribution in [2.24, 2.45) is 0 Å². The first-order valence-electron chi connectivity index (χ1n) is 6.25. The summed E-state index contributed by atoms with van der Waals surface area (Å²) in [5.74, 6) is -0.555. The molecule has 0 aliphatic carbocycles. The predicted octanol–water partition coefficient (Wildman–Crippen LogP) is 2.34. The fourth-order valence-corrected chi connectivity index (χ4v) is 1.54. The van der Waals surface area contributed by atoms with Crippen LogP contribution in [0.15, 0.2) is 24.3 Å². The molecule has 1 atom stereocenters. The molecule has 0 saturated carbocycles. The molecule has 100 valence electrons. The van der Waals surface area contributed by atoms with Crippen molar-refractivity contribution < 1.29 is 14.3 Å². The van der Waals surface area contributed by atoms with E-state index >= 15 is 0 Å². The van der Waals surface area contributed by atoms with Gasteiger partial charge in [-0.2, -0.15) is 0 Å². The molecule has 0 aromatic heterocycles. The van der Waals surface area contributed by atoms with Gasteiger partial charge in [-0.3, -0.25) is 4.79 Å². The van der Waals surface area contributed by atoms with Crippen LogP contribution < -0.4 is 5.73 Å². The van der Waals surface area contributed by atoms with Gasteiger partial charge in [-0.05, 0) is 31.0 Å². The molecule has 0 aliphatic rings. The molecule has 1 unspecified atom stereocenters. The maximum absolute atomic E-state index is 11.8. The first-order chi connectivity index (χ1) is 8.65. The molecular formula is C14H21NO3. The molecule has 0 spiro atoms. The number of esters is 1. The van der Waals surface area contributed by atoms with Gasteiger partial charge >= 0.3 is 5.97 Å². The SMILES string of the molecule is CCCOCCOC(=O)C(C)c1cccc(N)c1. The zero-order chi connectivity index (χ0) is 13.4. The van der Waals surface area contributed by atoms with E-state index in [0.717, 1.165) is 12.0 Å². The molecule has 1 aromatic carbocycles. The van der Waals surface area contributed by atoms with E-state index in [-0.39, 0.29) is 11.9 Å². The summed E-state index contributed by atoms with van der Waals surface area (Å²) >= 11 is 0. The van der Waals surface area contributed by atoms with Crippen LogP contribution in [0.4, 0.5) is 5.69 Å². The van der Waals surface area contributed by atoms with E-state index < -0.39 is 0 Å². The smallest absolute Gasteiger partial charge is 0.313 e. The number of nitrogens with two attached hydrogens (primary N) is 1. The van der Waals surface area contributed by atoms with Crippen LogP contribution in [-0.2, 0) is 14.3 Å². The number of carbonyl (C=O) groups excluding carboxylic acids is 1. The van der Waals surface area contributed by atoms with E-state index in [0.29, 0.717) is 25.5 Å². The summed E-state index contributed by atoms with van der Waals surface area (Å²) in [4.78, 5) is 11.8. The first kappa shape index (κ1) is 14.5. The Labute approximate surface area is 108 Å². The fraction of sp³-hybridized carbons (Fsp3) is 0.500. The van der Waals surface area contributed by atoms with Crippen molar-refractivity contribution in [1.82, 2.24) is 0 Å². The molecule has 0 bridgehead atoms. The second-order valence-corrected chi connectivity index (χ2v) is 4.17. The summed E-state index contributed by atoms with van der Waals surface area (Å²) < 4.78 is 10.4. The minimum atomic E-state index is -0.306. The van der Waals surface area contributed by atoms with Gasteiger partial charge in [-0.15, -0.1) is 0 Å². The second kappa shape index (κ2) is 7.71. The lowest BCUT2D eigenvalue weighted by Crippen LogP contribution is -2.16. The lowest BCUT2D eigenvalue weighted by molar-refractivity contribution is -0.146. The number of anilines is 1. The van der Waals surface area contributed by atoms with Crippen LogP contribution in [0.25, 0.3) is 0 Å². The number of hydrogen-bond acceptors (Lipinski definition) is 4. The summed E-state index contributed by atoms with van der Waals surface area (Å²) in [6.45, 7) is 5.29. The van der Waals surface area contributed by atoms with Gasteiger partial charge in [-0.25, -0.2) is 0 Å². The van der Waals surface area contributed by atoms with Gasteiger partial charge in [-0.1, -0.05) is 19.1 Å². The van der Waals surface area contributed by atoms with Gasteiger partial charge in [0.2, 0.25) is 0 Å². The van der Waals surface area contributed by atoms with Crippen LogP contribution in [-0.4, -0.2) is 25.8 Å². The molecule has 0 fully saturated rings. The summed E-state index contributed by atoms with van der Waals surface area (Å²) in [6, 6.07) is 7.29. The van der Waals surface area contributed by atoms with E-state index in [1.165, 1.54) is 0 Å². The zero-order valence-corrected chi connectivity index (χ0v) is 11.0. The molecule has 1 aromatic rings. The molecule has 0 saturated heterocycles. The molecule has 0 heterocycles. The third-order valence-electron chi connectivity index (χ3n) is 2.58. The maximum Gasteiger partial charge on any atom is 0.313 e. The predicted molar refractivity (Wildman–Crippen MR) is 71.3 cm³/mol. The number of rotatable bonds is 7. The summed E-state index contributed by atoms with van der Waals surface area (Å²) in [6.07, 6.45) is 0.966. The van der Waals surface area contributed by atoms with Crippen molar-refractivity contribution in [3.05, 3.63) is 29.8 Å². The van der Waals surface area contributed by atoms with Crippen LogP contribution in [0.3, 0.4) is 0 Å². The molecule has 2 N–H and O–H groups in total. The van der Waals surface area contributed by atoms with Crippen LogP contribution in [0, 0.1) is 0 Å². The van der Waals surface area contributed by atoms with Crippen molar-refractivity contribution in [1.29, 1.82) is 0 Å². The second-order valence-electron chi connectivity index (χ2n) is 4.17. The van der Waals surface area contributed by atoms with Crippen molar-refractivity contribution in [2.45, 2.75) is 26.2 Å². The third kappa shape index (κ3) is 4.75. The summed E-state index contributed by atoms with van der Waals surface area (Å²) in [7, 11) is 0. The number of ether oxygens (including phenoxy) is 2. The highest BCUT2D eigenvalue weighted by Crippen LogP contribution is 2.18. The number of carbonyl (C=O) groups is 1. The lowest BCUT2D eigenvalue weighted by Gasteiger charge is -2.12. The van der Waals surface area contributed by atoms with Crippen LogP contribution in [0.2, 0.25) is 0 Å². The van der Waals surface area contributed by atoms with Gasteiger partial charge in [0.25, 0.3) is 0 Å². The molecule has 0 aliphatic heterocycles. The Morgan fingerprint density at radius 1 is 1.33 bits per heavy atom. The average molecular weight is 251 g/mol. The Morgan fingerprint density at radius 2 is 2.11 bits per heavy atom. The molecule has 1 rings (SSSR count). The summed E-state index contributed by atoms with van der Waals surface area (Å²) in [5, 5.41) is 0. The number of benzene rings is 1. The Kier molecular flexibility index (Phi) is 6.22. The van der Waals surface area contributed by atoms with E-state index in [1.807, 2.05) is 26.0 Å². The largest absolute Gasteiger partial charge is 0.463 e. The minimum absolute atomic E-state index is 0.249. The summed E-state index contributed by atoms with van der Waals surface area (Å²) in [5.41, 5.74) is 7.20. The highest BCUT2D eigenvalue weighted by molar-refractivity contribution is 5.78. The fourth-order valence-electron chi connectivity index (χ4n) is 1.54. The number of nitrogen functional groups attached to an aromatic ring is 1.